The standard InChI is InChI=1S/C19H21BrN2O/c1-2-21-10-12-22(13-11-21)19(23)16-7-5-6-15(14-16)17-8-3-4-9-18(17)20/h3-9,14H,2,10-13H2,1H3. The maximum absolute atomic E-state index is 12.8. The van der Waals surface area contributed by atoms with Crippen LogP contribution in [-0.4, -0.2) is 48.4 Å². The number of halogens is 1. The summed E-state index contributed by atoms with van der Waals surface area (Å²) >= 11 is 3.58. The third-order valence-electron chi connectivity index (χ3n) is 4.40. The van der Waals surface area contributed by atoms with Crippen molar-refractivity contribution in [2.45, 2.75) is 6.92 Å². The van der Waals surface area contributed by atoms with Gasteiger partial charge >= 0.3 is 0 Å². The Morgan fingerprint density at radius 1 is 1.04 bits per heavy atom. The average molecular weight is 373 g/mol. The van der Waals surface area contributed by atoms with Gasteiger partial charge in [-0.1, -0.05) is 53.2 Å². The van der Waals surface area contributed by atoms with Gasteiger partial charge in [-0.3, -0.25) is 4.79 Å². The van der Waals surface area contributed by atoms with Gasteiger partial charge in [0, 0.05) is 36.2 Å². The van der Waals surface area contributed by atoms with E-state index in [1.165, 1.54) is 0 Å². The summed E-state index contributed by atoms with van der Waals surface area (Å²) in [5.74, 6) is 0.134. The number of carbonyl (C=O) groups excluding carboxylic acids is 1. The minimum atomic E-state index is 0.134. The normalized spacial score (nSPS) is 15.7. The van der Waals surface area contributed by atoms with Crippen LogP contribution in [0.3, 0.4) is 0 Å². The first kappa shape index (κ1) is 16.2. The van der Waals surface area contributed by atoms with E-state index in [-0.39, 0.29) is 5.91 Å². The fourth-order valence-corrected chi connectivity index (χ4v) is 3.48. The van der Waals surface area contributed by atoms with Crippen molar-refractivity contribution in [3.8, 4) is 11.1 Å². The van der Waals surface area contributed by atoms with Gasteiger partial charge in [-0.2, -0.15) is 0 Å². The number of amides is 1. The average Bonchev–Trinajstić information content (AvgIpc) is 2.62. The summed E-state index contributed by atoms with van der Waals surface area (Å²) < 4.78 is 1.04. The number of hydrogen-bond acceptors (Lipinski definition) is 2. The van der Waals surface area contributed by atoms with Gasteiger partial charge in [0.2, 0.25) is 0 Å². The van der Waals surface area contributed by atoms with E-state index in [0.29, 0.717) is 0 Å². The SMILES string of the molecule is CCN1CCN(C(=O)c2cccc(-c3ccccc3Br)c2)CC1. The van der Waals surface area contributed by atoms with Crippen LogP contribution < -0.4 is 0 Å². The summed E-state index contributed by atoms with van der Waals surface area (Å²) in [6.07, 6.45) is 0. The van der Waals surface area contributed by atoms with E-state index in [1.807, 2.05) is 47.4 Å². The molecule has 1 heterocycles. The summed E-state index contributed by atoms with van der Waals surface area (Å²) in [7, 11) is 0. The predicted octanol–water partition coefficient (Wildman–Crippen LogP) is 3.89. The van der Waals surface area contributed by atoms with Gasteiger partial charge in [-0.05, 0) is 35.9 Å². The van der Waals surface area contributed by atoms with Crippen molar-refractivity contribution >= 4 is 21.8 Å². The molecule has 0 unspecified atom stereocenters. The maximum Gasteiger partial charge on any atom is 0.253 e. The van der Waals surface area contributed by atoms with Crippen LogP contribution in [0.1, 0.15) is 17.3 Å². The molecule has 23 heavy (non-hydrogen) atoms. The van der Waals surface area contributed by atoms with Gasteiger partial charge in [0.15, 0.2) is 0 Å². The lowest BCUT2D eigenvalue weighted by molar-refractivity contribution is 0.0643. The Bertz CT molecular complexity index is 693. The minimum Gasteiger partial charge on any atom is -0.336 e. The van der Waals surface area contributed by atoms with Gasteiger partial charge < -0.3 is 9.80 Å². The first-order valence-corrected chi connectivity index (χ1v) is 8.85. The van der Waals surface area contributed by atoms with Crippen LogP contribution in [0.5, 0.6) is 0 Å². The zero-order valence-corrected chi connectivity index (χ0v) is 14.9. The largest absolute Gasteiger partial charge is 0.336 e. The number of hydrogen-bond donors (Lipinski definition) is 0. The molecule has 2 aromatic rings. The molecule has 1 fully saturated rings. The van der Waals surface area contributed by atoms with Gasteiger partial charge in [-0.25, -0.2) is 0 Å². The van der Waals surface area contributed by atoms with E-state index < -0.39 is 0 Å². The summed E-state index contributed by atoms with van der Waals surface area (Å²) in [6, 6.07) is 16.0. The molecule has 0 spiro atoms. The first-order chi connectivity index (χ1) is 11.2. The van der Waals surface area contributed by atoms with Crippen LogP contribution in [0.2, 0.25) is 0 Å². The Labute approximate surface area is 146 Å². The lowest BCUT2D eigenvalue weighted by Crippen LogP contribution is -2.48. The quantitative estimate of drug-likeness (QED) is 0.815. The van der Waals surface area contributed by atoms with Crippen molar-refractivity contribution in [1.29, 1.82) is 0 Å². The third-order valence-corrected chi connectivity index (χ3v) is 5.09. The number of carbonyl (C=O) groups is 1. The molecule has 4 heteroatoms. The number of nitrogens with zero attached hydrogens (tertiary/aromatic N) is 2. The molecule has 1 amide bonds. The van der Waals surface area contributed by atoms with E-state index in [1.54, 1.807) is 0 Å². The van der Waals surface area contributed by atoms with Crippen molar-refractivity contribution in [3.05, 3.63) is 58.6 Å². The molecule has 1 saturated heterocycles. The summed E-state index contributed by atoms with van der Waals surface area (Å²) in [4.78, 5) is 17.1. The highest BCUT2D eigenvalue weighted by Gasteiger charge is 2.21. The smallest absolute Gasteiger partial charge is 0.253 e. The Kier molecular flexibility index (Phi) is 5.13. The predicted molar refractivity (Wildman–Crippen MR) is 97.6 cm³/mol. The van der Waals surface area contributed by atoms with Crippen LogP contribution in [-0.2, 0) is 0 Å². The molecule has 1 aliphatic rings. The van der Waals surface area contributed by atoms with Gasteiger partial charge in [0.25, 0.3) is 5.91 Å². The second-order valence-electron chi connectivity index (χ2n) is 5.79. The number of piperazine rings is 1. The van der Waals surface area contributed by atoms with Gasteiger partial charge in [0.1, 0.15) is 0 Å². The van der Waals surface area contributed by atoms with Crippen molar-refractivity contribution < 1.29 is 4.79 Å². The van der Waals surface area contributed by atoms with E-state index >= 15 is 0 Å². The number of benzene rings is 2. The number of rotatable bonds is 3. The van der Waals surface area contributed by atoms with Crippen molar-refractivity contribution in [2.75, 3.05) is 32.7 Å². The van der Waals surface area contributed by atoms with E-state index in [9.17, 15) is 4.79 Å². The fourth-order valence-electron chi connectivity index (χ4n) is 2.96. The lowest BCUT2D eigenvalue weighted by Gasteiger charge is -2.34. The van der Waals surface area contributed by atoms with Crippen LogP contribution in [0.25, 0.3) is 11.1 Å². The summed E-state index contributed by atoms with van der Waals surface area (Å²) in [6.45, 7) is 6.77. The zero-order chi connectivity index (χ0) is 16.2. The van der Waals surface area contributed by atoms with Crippen LogP contribution in [0.15, 0.2) is 53.0 Å². The van der Waals surface area contributed by atoms with E-state index in [2.05, 4.69) is 33.8 Å². The Hall–Kier alpha value is -1.65. The van der Waals surface area contributed by atoms with Crippen LogP contribution >= 0.6 is 15.9 Å². The monoisotopic (exact) mass is 372 g/mol. The van der Waals surface area contributed by atoms with Crippen molar-refractivity contribution in [1.82, 2.24) is 9.80 Å². The maximum atomic E-state index is 12.8. The molecule has 2 aromatic carbocycles. The van der Waals surface area contributed by atoms with Crippen LogP contribution in [0.4, 0.5) is 0 Å². The molecule has 0 saturated carbocycles. The van der Waals surface area contributed by atoms with Crippen LogP contribution in [0, 0.1) is 0 Å². The lowest BCUT2D eigenvalue weighted by atomic mass is 10.0. The topological polar surface area (TPSA) is 23.6 Å². The Morgan fingerprint density at radius 3 is 2.48 bits per heavy atom. The molecule has 3 rings (SSSR count). The first-order valence-electron chi connectivity index (χ1n) is 8.05. The van der Waals surface area contributed by atoms with Crippen molar-refractivity contribution in [2.24, 2.45) is 0 Å². The molecular weight excluding hydrogens is 352 g/mol. The Balaban J connectivity index is 1.80. The molecule has 0 aliphatic carbocycles. The zero-order valence-electron chi connectivity index (χ0n) is 13.3. The second kappa shape index (κ2) is 7.28. The second-order valence-corrected chi connectivity index (χ2v) is 6.64. The Morgan fingerprint density at radius 2 is 1.78 bits per heavy atom. The molecule has 0 aromatic heterocycles. The molecule has 0 N–H and O–H groups in total. The molecule has 120 valence electrons. The minimum absolute atomic E-state index is 0.134. The highest BCUT2D eigenvalue weighted by molar-refractivity contribution is 9.10. The fraction of sp³-hybridized carbons (Fsp3) is 0.316. The summed E-state index contributed by atoms with van der Waals surface area (Å²) in [5.41, 5.74) is 2.94. The van der Waals surface area contributed by atoms with Gasteiger partial charge in [0.05, 0.1) is 0 Å². The number of likely N-dealkylation sites (N-methyl/N-ethyl adjacent to an activating group) is 1. The summed E-state index contributed by atoms with van der Waals surface area (Å²) in [5, 5.41) is 0. The van der Waals surface area contributed by atoms with E-state index in [4.69, 9.17) is 0 Å². The molecule has 0 radical (unpaired) electrons. The molecule has 1 aliphatic heterocycles. The third kappa shape index (κ3) is 3.65. The van der Waals surface area contributed by atoms with Gasteiger partial charge in [-0.15, -0.1) is 0 Å². The highest BCUT2D eigenvalue weighted by Crippen LogP contribution is 2.28. The molecule has 0 atom stereocenters. The molecule has 3 nitrogen and oxygen atoms in total. The van der Waals surface area contributed by atoms with Crippen molar-refractivity contribution in [3.63, 3.8) is 0 Å². The molecular formula is C19H21BrN2O. The molecule has 0 bridgehead atoms. The van der Waals surface area contributed by atoms with E-state index in [0.717, 1.165) is 53.9 Å². The highest BCUT2D eigenvalue weighted by atomic mass is 79.9.